The lowest BCUT2D eigenvalue weighted by Gasteiger charge is -2.16. The van der Waals surface area contributed by atoms with Crippen molar-refractivity contribution in [1.29, 1.82) is 0 Å². The van der Waals surface area contributed by atoms with E-state index in [0.717, 1.165) is 0 Å². The van der Waals surface area contributed by atoms with Crippen LogP contribution in [0.5, 0.6) is 5.75 Å². The first-order chi connectivity index (χ1) is 16.6. The minimum atomic E-state index is -0.592. The van der Waals surface area contributed by atoms with Crippen LogP contribution in [0.4, 0.5) is 5.95 Å². The average molecular weight is 471 g/mol. The summed E-state index contributed by atoms with van der Waals surface area (Å²) >= 11 is 0. The number of rotatable bonds is 11. The molecule has 0 aliphatic carbocycles. The molecule has 1 saturated heterocycles. The Labute approximate surface area is 194 Å². The van der Waals surface area contributed by atoms with E-state index >= 15 is 0 Å². The van der Waals surface area contributed by atoms with Crippen molar-refractivity contribution in [3.8, 4) is 5.75 Å². The number of aromatic nitrogens is 4. The number of nitrogens with one attached hydrogen (secondary N) is 2. The van der Waals surface area contributed by atoms with Crippen LogP contribution in [0.25, 0.3) is 11.2 Å². The topological polar surface area (TPSA) is 150 Å². The van der Waals surface area contributed by atoms with Crippen molar-refractivity contribution in [2.45, 2.75) is 24.9 Å². The highest BCUT2D eigenvalue weighted by Crippen LogP contribution is 2.32. The SMILES string of the molecule is C=CCOCO[C@@H]1C[C@H](n2cnc3c(=O)[nH]c(NC(=O)COc4ccccc4)nc32)O[C@@H]1CO. The minimum Gasteiger partial charge on any atom is -0.484 e. The fourth-order valence-electron chi connectivity index (χ4n) is 3.51. The molecule has 1 amide bonds. The quantitative estimate of drug-likeness (QED) is 0.211. The van der Waals surface area contributed by atoms with E-state index in [0.29, 0.717) is 18.8 Å². The Kier molecular flexibility index (Phi) is 7.65. The van der Waals surface area contributed by atoms with Crippen LogP contribution >= 0.6 is 0 Å². The summed E-state index contributed by atoms with van der Waals surface area (Å²) in [6, 6.07) is 8.86. The molecular weight excluding hydrogens is 446 g/mol. The molecule has 12 nitrogen and oxygen atoms in total. The Bertz CT molecular complexity index is 1180. The number of benzene rings is 1. The van der Waals surface area contributed by atoms with Gasteiger partial charge in [-0.1, -0.05) is 24.3 Å². The first-order valence-electron chi connectivity index (χ1n) is 10.6. The number of amides is 1. The maximum atomic E-state index is 12.5. The number of carbonyl (C=O) groups is 1. The summed E-state index contributed by atoms with van der Waals surface area (Å²) in [5.41, 5.74) is -0.222. The summed E-state index contributed by atoms with van der Waals surface area (Å²) in [4.78, 5) is 35.7. The van der Waals surface area contributed by atoms with Crippen LogP contribution in [-0.4, -0.2) is 69.4 Å². The van der Waals surface area contributed by atoms with Gasteiger partial charge in [0.05, 0.1) is 25.6 Å². The molecule has 1 aliphatic heterocycles. The highest BCUT2D eigenvalue weighted by molar-refractivity contribution is 5.90. The molecule has 1 aromatic carbocycles. The molecule has 180 valence electrons. The third-order valence-corrected chi connectivity index (χ3v) is 5.08. The molecule has 34 heavy (non-hydrogen) atoms. The number of aliphatic hydroxyl groups excluding tert-OH is 1. The summed E-state index contributed by atoms with van der Waals surface area (Å²) in [5.74, 6) is -0.0118. The van der Waals surface area contributed by atoms with E-state index in [2.05, 4.69) is 26.8 Å². The summed E-state index contributed by atoms with van der Waals surface area (Å²) in [7, 11) is 0. The summed E-state index contributed by atoms with van der Waals surface area (Å²) in [6.45, 7) is 3.41. The third-order valence-electron chi connectivity index (χ3n) is 5.08. The van der Waals surface area contributed by atoms with Gasteiger partial charge in [0.1, 0.15) is 24.9 Å². The Morgan fingerprint density at radius 2 is 2.21 bits per heavy atom. The normalized spacial score (nSPS) is 19.9. The maximum absolute atomic E-state index is 12.5. The second kappa shape index (κ2) is 11.0. The van der Waals surface area contributed by atoms with Gasteiger partial charge in [-0.25, -0.2) is 4.98 Å². The molecule has 3 heterocycles. The largest absolute Gasteiger partial charge is 0.484 e. The van der Waals surface area contributed by atoms with E-state index < -0.39 is 29.9 Å². The zero-order chi connectivity index (χ0) is 23.9. The molecule has 12 heteroatoms. The Morgan fingerprint density at radius 3 is 2.97 bits per heavy atom. The average Bonchev–Trinajstić information content (AvgIpc) is 3.45. The van der Waals surface area contributed by atoms with Gasteiger partial charge in [0.15, 0.2) is 17.8 Å². The molecule has 0 radical (unpaired) electrons. The maximum Gasteiger partial charge on any atom is 0.280 e. The van der Waals surface area contributed by atoms with Crippen molar-refractivity contribution in [3.05, 3.63) is 59.7 Å². The van der Waals surface area contributed by atoms with Gasteiger partial charge in [-0.15, -0.1) is 6.58 Å². The molecule has 0 bridgehead atoms. The van der Waals surface area contributed by atoms with Gasteiger partial charge < -0.3 is 24.1 Å². The van der Waals surface area contributed by atoms with Crippen molar-refractivity contribution in [3.63, 3.8) is 0 Å². The molecule has 4 rings (SSSR count). The number of aromatic amines is 1. The lowest BCUT2D eigenvalue weighted by molar-refractivity contribution is -0.118. The Balaban J connectivity index is 1.46. The van der Waals surface area contributed by atoms with Crippen LogP contribution in [0.3, 0.4) is 0 Å². The smallest absolute Gasteiger partial charge is 0.280 e. The van der Waals surface area contributed by atoms with Crippen LogP contribution in [0, 0.1) is 0 Å². The lowest BCUT2D eigenvalue weighted by atomic mass is 10.2. The molecular formula is C22H25N5O7. The fourth-order valence-corrected chi connectivity index (χ4v) is 3.51. The molecule has 3 atom stereocenters. The van der Waals surface area contributed by atoms with Crippen LogP contribution in [0.15, 0.2) is 54.1 Å². The second-order valence-corrected chi connectivity index (χ2v) is 7.42. The number of fused-ring (bicyclic) bond motifs is 1. The minimum absolute atomic E-state index is 0.0209. The van der Waals surface area contributed by atoms with Gasteiger partial charge in [0.25, 0.3) is 11.5 Å². The van der Waals surface area contributed by atoms with Crippen LogP contribution in [0.2, 0.25) is 0 Å². The number of hydrogen-bond acceptors (Lipinski definition) is 9. The van der Waals surface area contributed by atoms with Gasteiger partial charge in [-0.05, 0) is 12.1 Å². The van der Waals surface area contributed by atoms with Crippen LogP contribution < -0.4 is 15.6 Å². The number of nitrogens with zero attached hydrogens (tertiary/aromatic N) is 3. The molecule has 0 saturated carbocycles. The second-order valence-electron chi connectivity index (χ2n) is 7.42. The number of aliphatic hydroxyl groups is 1. The van der Waals surface area contributed by atoms with E-state index in [9.17, 15) is 14.7 Å². The van der Waals surface area contributed by atoms with Crippen molar-refractivity contribution >= 4 is 23.0 Å². The van der Waals surface area contributed by atoms with E-state index in [1.54, 1.807) is 34.9 Å². The van der Waals surface area contributed by atoms with Gasteiger partial charge in [0, 0.05) is 6.42 Å². The summed E-state index contributed by atoms with van der Waals surface area (Å²) in [5, 5.41) is 12.2. The standard InChI is InChI=1S/C22H25N5O7/c1-2-8-31-13-33-15-9-18(34-16(15)10-28)27-12-23-19-20(27)25-22(26-21(19)30)24-17(29)11-32-14-6-4-3-5-7-14/h2-7,12,15-16,18,28H,1,8-11,13H2,(H2,24,25,26,29,30)/t15-,16-,18-/m1/s1. The molecule has 3 aromatic rings. The lowest BCUT2D eigenvalue weighted by Crippen LogP contribution is -2.28. The monoisotopic (exact) mass is 471 g/mol. The van der Waals surface area contributed by atoms with Crippen molar-refractivity contribution < 1.29 is 28.8 Å². The van der Waals surface area contributed by atoms with Crippen LogP contribution in [0.1, 0.15) is 12.6 Å². The Morgan fingerprint density at radius 1 is 1.38 bits per heavy atom. The number of hydrogen-bond donors (Lipinski definition) is 3. The zero-order valence-electron chi connectivity index (χ0n) is 18.3. The van der Waals surface area contributed by atoms with E-state index in [-0.39, 0.29) is 37.1 Å². The highest BCUT2D eigenvalue weighted by Gasteiger charge is 2.37. The zero-order valence-corrected chi connectivity index (χ0v) is 18.3. The molecule has 3 N–H and O–H groups in total. The Hall–Kier alpha value is -3.58. The van der Waals surface area contributed by atoms with E-state index in [1.165, 1.54) is 6.33 Å². The van der Waals surface area contributed by atoms with Gasteiger partial charge in [0.2, 0.25) is 5.95 Å². The summed E-state index contributed by atoms with van der Waals surface area (Å²) < 4.78 is 23.8. The number of H-pyrrole nitrogens is 1. The van der Waals surface area contributed by atoms with E-state index in [1.807, 2.05) is 6.07 Å². The third kappa shape index (κ3) is 5.48. The highest BCUT2D eigenvalue weighted by atomic mass is 16.7. The summed E-state index contributed by atoms with van der Waals surface area (Å²) in [6.07, 6.45) is 1.78. The first kappa shape index (κ1) is 23.6. The fraction of sp³-hybridized carbons (Fsp3) is 0.364. The number of carbonyl (C=O) groups excluding carboxylic acids is 1. The van der Waals surface area contributed by atoms with Gasteiger partial charge in [-0.3, -0.25) is 24.5 Å². The van der Waals surface area contributed by atoms with Crippen LogP contribution in [-0.2, 0) is 19.0 Å². The van der Waals surface area contributed by atoms with E-state index in [4.69, 9.17) is 18.9 Å². The molecule has 0 unspecified atom stereocenters. The number of imidazole rings is 1. The number of ether oxygens (including phenoxy) is 4. The molecule has 0 spiro atoms. The molecule has 1 aliphatic rings. The molecule has 2 aromatic heterocycles. The predicted octanol–water partition coefficient (Wildman–Crippen LogP) is 0.962. The van der Waals surface area contributed by atoms with Crippen molar-refractivity contribution in [2.24, 2.45) is 0 Å². The molecule has 1 fully saturated rings. The van der Waals surface area contributed by atoms with Gasteiger partial charge >= 0.3 is 0 Å². The first-order valence-corrected chi connectivity index (χ1v) is 10.6. The number of anilines is 1. The predicted molar refractivity (Wildman–Crippen MR) is 120 cm³/mol. The van der Waals surface area contributed by atoms with Gasteiger partial charge in [-0.2, -0.15) is 4.98 Å². The number of para-hydroxylation sites is 1. The van der Waals surface area contributed by atoms with Crippen molar-refractivity contribution in [2.75, 3.05) is 31.9 Å². The van der Waals surface area contributed by atoms with Crippen molar-refractivity contribution in [1.82, 2.24) is 19.5 Å².